The quantitative estimate of drug-likeness (QED) is 0.855. The summed E-state index contributed by atoms with van der Waals surface area (Å²) in [5, 5.41) is 13.1. The van der Waals surface area contributed by atoms with Crippen LogP contribution in [0.5, 0.6) is 0 Å². The van der Waals surface area contributed by atoms with Crippen LogP contribution in [0.1, 0.15) is 64.4 Å². The molecule has 1 aromatic carbocycles. The first kappa shape index (κ1) is 16.5. The standard InChI is InChI=1S/C19H31NO/c1-19(2,3)18(13-14-21)20-17-11-9-16(10-12-17)15-7-5-4-6-8-15/h4-8,16-18,20-21H,9-14H2,1-3H3. The minimum atomic E-state index is 0.207. The van der Waals surface area contributed by atoms with Crippen molar-refractivity contribution in [2.24, 2.45) is 5.41 Å². The molecule has 1 atom stereocenters. The molecule has 2 heteroatoms. The van der Waals surface area contributed by atoms with Crippen molar-refractivity contribution in [3.8, 4) is 0 Å². The van der Waals surface area contributed by atoms with E-state index in [4.69, 9.17) is 0 Å². The predicted octanol–water partition coefficient (Wildman–Crippen LogP) is 4.10. The summed E-state index contributed by atoms with van der Waals surface area (Å²) in [6.45, 7) is 7.05. The minimum Gasteiger partial charge on any atom is -0.396 e. The second-order valence-electron chi connectivity index (χ2n) is 7.56. The van der Waals surface area contributed by atoms with Crippen LogP contribution in [0.4, 0.5) is 0 Å². The Hall–Kier alpha value is -0.860. The molecule has 1 unspecified atom stereocenters. The summed E-state index contributed by atoms with van der Waals surface area (Å²) in [4.78, 5) is 0. The fourth-order valence-corrected chi connectivity index (χ4v) is 3.50. The van der Waals surface area contributed by atoms with Crippen LogP contribution in [-0.2, 0) is 0 Å². The highest BCUT2D eigenvalue weighted by Crippen LogP contribution is 2.34. The average molecular weight is 289 g/mol. The number of aliphatic hydroxyl groups is 1. The lowest BCUT2D eigenvalue weighted by Gasteiger charge is -2.37. The Morgan fingerprint density at radius 1 is 1.10 bits per heavy atom. The predicted molar refractivity (Wildman–Crippen MR) is 89.5 cm³/mol. The molecule has 0 radical (unpaired) electrons. The van der Waals surface area contributed by atoms with Crippen LogP contribution in [0.15, 0.2) is 30.3 Å². The van der Waals surface area contributed by atoms with Gasteiger partial charge in [0, 0.05) is 18.7 Å². The Bertz CT molecular complexity index is 401. The fraction of sp³-hybridized carbons (Fsp3) is 0.684. The zero-order valence-electron chi connectivity index (χ0n) is 13.8. The highest BCUT2D eigenvalue weighted by molar-refractivity contribution is 5.20. The third-order valence-electron chi connectivity index (χ3n) is 4.90. The summed E-state index contributed by atoms with van der Waals surface area (Å²) in [6.07, 6.45) is 5.90. The Kier molecular flexibility index (Phi) is 5.83. The Morgan fingerprint density at radius 3 is 2.24 bits per heavy atom. The maximum atomic E-state index is 9.28. The molecule has 2 nitrogen and oxygen atoms in total. The SMILES string of the molecule is CC(C)(C)C(CCO)NC1CCC(c2ccccc2)CC1. The minimum absolute atomic E-state index is 0.207. The molecule has 118 valence electrons. The number of benzene rings is 1. The second-order valence-corrected chi connectivity index (χ2v) is 7.56. The van der Waals surface area contributed by atoms with Gasteiger partial charge in [-0.2, -0.15) is 0 Å². The Balaban J connectivity index is 1.86. The summed E-state index contributed by atoms with van der Waals surface area (Å²) in [5.74, 6) is 0.732. The third-order valence-corrected chi connectivity index (χ3v) is 4.90. The molecule has 1 aliphatic carbocycles. The first-order valence-corrected chi connectivity index (χ1v) is 8.42. The van der Waals surface area contributed by atoms with Crippen LogP contribution in [0.25, 0.3) is 0 Å². The van der Waals surface area contributed by atoms with E-state index < -0.39 is 0 Å². The van der Waals surface area contributed by atoms with E-state index in [0.717, 1.165) is 12.3 Å². The number of aliphatic hydroxyl groups excluding tert-OH is 1. The van der Waals surface area contributed by atoms with Crippen molar-refractivity contribution >= 4 is 0 Å². The van der Waals surface area contributed by atoms with Gasteiger partial charge in [-0.3, -0.25) is 0 Å². The molecule has 0 amide bonds. The normalized spacial score (nSPS) is 24.8. The largest absolute Gasteiger partial charge is 0.396 e. The highest BCUT2D eigenvalue weighted by Gasteiger charge is 2.29. The van der Waals surface area contributed by atoms with Gasteiger partial charge in [-0.15, -0.1) is 0 Å². The maximum absolute atomic E-state index is 9.28. The van der Waals surface area contributed by atoms with Crippen LogP contribution in [0.3, 0.4) is 0 Å². The smallest absolute Gasteiger partial charge is 0.0446 e. The molecule has 0 heterocycles. The van der Waals surface area contributed by atoms with Crippen LogP contribution in [0.2, 0.25) is 0 Å². The van der Waals surface area contributed by atoms with Gasteiger partial charge >= 0.3 is 0 Å². The first-order valence-electron chi connectivity index (χ1n) is 8.42. The van der Waals surface area contributed by atoms with E-state index in [1.54, 1.807) is 0 Å². The topological polar surface area (TPSA) is 32.3 Å². The molecule has 0 spiro atoms. The van der Waals surface area contributed by atoms with E-state index in [1.165, 1.54) is 31.2 Å². The van der Waals surface area contributed by atoms with Gasteiger partial charge in [0.1, 0.15) is 0 Å². The zero-order chi connectivity index (χ0) is 15.3. The van der Waals surface area contributed by atoms with Crippen molar-refractivity contribution in [1.82, 2.24) is 5.32 Å². The van der Waals surface area contributed by atoms with E-state index in [9.17, 15) is 5.11 Å². The molecular weight excluding hydrogens is 258 g/mol. The maximum Gasteiger partial charge on any atom is 0.0446 e. The molecule has 2 rings (SSSR count). The highest BCUT2D eigenvalue weighted by atomic mass is 16.3. The van der Waals surface area contributed by atoms with Crippen molar-refractivity contribution in [2.45, 2.75) is 70.9 Å². The van der Waals surface area contributed by atoms with E-state index in [1.807, 2.05) is 0 Å². The number of rotatable bonds is 5. The van der Waals surface area contributed by atoms with Gasteiger partial charge < -0.3 is 10.4 Å². The zero-order valence-corrected chi connectivity index (χ0v) is 13.8. The first-order chi connectivity index (χ1) is 10.0. The summed E-state index contributed by atoms with van der Waals surface area (Å²) >= 11 is 0. The summed E-state index contributed by atoms with van der Waals surface area (Å²) in [6, 6.07) is 11.9. The van der Waals surface area contributed by atoms with E-state index in [2.05, 4.69) is 56.4 Å². The van der Waals surface area contributed by atoms with Crippen LogP contribution in [-0.4, -0.2) is 23.8 Å². The summed E-state index contributed by atoms with van der Waals surface area (Å²) in [7, 11) is 0. The van der Waals surface area contributed by atoms with Crippen molar-refractivity contribution in [3.05, 3.63) is 35.9 Å². The molecule has 1 aliphatic rings. The number of hydrogen-bond acceptors (Lipinski definition) is 2. The molecule has 1 saturated carbocycles. The average Bonchev–Trinajstić information content (AvgIpc) is 2.47. The van der Waals surface area contributed by atoms with Crippen molar-refractivity contribution < 1.29 is 5.11 Å². The lowest BCUT2D eigenvalue weighted by Crippen LogP contribution is -2.47. The summed E-state index contributed by atoms with van der Waals surface area (Å²) in [5.41, 5.74) is 1.71. The van der Waals surface area contributed by atoms with Crippen LogP contribution in [0, 0.1) is 5.41 Å². The van der Waals surface area contributed by atoms with Gasteiger partial charge in [-0.05, 0) is 49.0 Å². The van der Waals surface area contributed by atoms with Crippen molar-refractivity contribution in [1.29, 1.82) is 0 Å². The fourth-order valence-electron chi connectivity index (χ4n) is 3.50. The van der Waals surface area contributed by atoms with Crippen LogP contribution >= 0.6 is 0 Å². The lowest BCUT2D eigenvalue weighted by atomic mass is 9.79. The van der Waals surface area contributed by atoms with Gasteiger partial charge in [0.25, 0.3) is 0 Å². The molecule has 2 N–H and O–H groups in total. The van der Waals surface area contributed by atoms with Gasteiger partial charge in [-0.1, -0.05) is 51.1 Å². The molecule has 0 saturated heterocycles. The molecule has 0 aromatic heterocycles. The monoisotopic (exact) mass is 289 g/mol. The van der Waals surface area contributed by atoms with Crippen molar-refractivity contribution in [3.63, 3.8) is 0 Å². The molecule has 0 bridgehead atoms. The van der Waals surface area contributed by atoms with Crippen molar-refractivity contribution in [2.75, 3.05) is 6.61 Å². The lowest BCUT2D eigenvalue weighted by molar-refractivity contribution is 0.172. The van der Waals surface area contributed by atoms with E-state index in [0.29, 0.717) is 12.1 Å². The molecule has 1 aromatic rings. The second kappa shape index (κ2) is 7.42. The summed E-state index contributed by atoms with van der Waals surface area (Å²) < 4.78 is 0. The van der Waals surface area contributed by atoms with Gasteiger partial charge in [0.05, 0.1) is 0 Å². The van der Waals surface area contributed by atoms with Gasteiger partial charge in [0.15, 0.2) is 0 Å². The molecular formula is C19H31NO. The Labute approximate surface area is 130 Å². The molecule has 0 aliphatic heterocycles. The van der Waals surface area contributed by atoms with E-state index >= 15 is 0 Å². The number of hydrogen-bond donors (Lipinski definition) is 2. The van der Waals surface area contributed by atoms with Gasteiger partial charge in [-0.25, -0.2) is 0 Å². The Morgan fingerprint density at radius 2 is 1.71 bits per heavy atom. The molecule has 1 fully saturated rings. The van der Waals surface area contributed by atoms with Gasteiger partial charge in [0.2, 0.25) is 0 Å². The van der Waals surface area contributed by atoms with Crippen LogP contribution < -0.4 is 5.32 Å². The number of nitrogens with one attached hydrogen (secondary N) is 1. The molecule has 21 heavy (non-hydrogen) atoms. The van der Waals surface area contributed by atoms with E-state index in [-0.39, 0.29) is 12.0 Å². The third kappa shape index (κ3) is 4.82.